The maximum atomic E-state index is 13.7. The molecule has 1 saturated heterocycles. The van der Waals surface area contributed by atoms with Crippen LogP contribution in [-0.4, -0.2) is 30.6 Å². The van der Waals surface area contributed by atoms with Crippen molar-refractivity contribution in [2.45, 2.75) is 30.8 Å². The average molecular weight is 639 g/mol. The Kier molecular flexibility index (Phi) is 7.04. The van der Waals surface area contributed by atoms with E-state index in [-0.39, 0.29) is 17.9 Å². The number of sulfonamides is 1. The molecule has 2 amide bonds. The lowest BCUT2D eigenvalue weighted by atomic mass is 10.1. The number of hydrogen-bond donors (Lipinski definition) is 0. The number of imide groups is 1. The van der Waals surface area contributed by atoms with Crippen LogP contribution in [0.25, 0.3) is 0 Å². The summed E-state index contributed by atoms with van der Waals surface area (Å²) in [5.41, 5.74) is 2.21. The lowest BCUT2D eigenvalue weighted by Gasteiger charge is -2.27. The van der Waals surface area contributed by atoms with Gasteiger partial charge >= 0.3 is 0 Å². The third kappa shape index (κ3) is 5.06. The van der Waals surface area contributed by atoms with Crippen LogP contribution >= 0.6 is 38.5 Å². The van der Waals surface area contributed by atoms with Crippen molar-refractivity contribution in [2.75, 3.05) is 4.90 Å². The number of aryl methyl sites for hydroxylation is 1. The highest BCUT2D eigenvalue weighted by Gasteiger charge is 2.47. The van der Waals surface area contributed by atoms with Gasteiger partial charge in [0.25, 0.3) is 5.91 Å². The van der Waals surface area contributed by atoms with E-state index in [9.17, 15) is 18.0 Å². The average Bonchev–Trinajstić information content (AvgIpc) is 3.07. The summed E-state index contributed by atoms with van der Waals surface area (Å²) in [5, 5.41) is 0. The minimum Gasteiger partial charge on any atom is -0.274 e. The highest BCUT2D eigenvalue weighted by molar-refractivity contribution is 14.1. The molecule has 0 N–H and O–H groups in total. The first-order chi connectivity index (χ1) is 15.7. The van der Waals surface area contributed by atoms with Gasteiger partial charge in [0.2, 0.25) is 15.9 Å². The predicted molar refractivity (Wildman–Crippen MR) is 138 cm³/mol. The molecule has 0 spiro atoms. The largest absolute Gasteiger partial charge is 0.274 e. The molecular weight excluding hydrogens is 619 g/mol. The van der Waals surface area contributed by atoms with Crippen LogP contribution < -0.4 is 4.90 Å². The van der Waals surface area contributed by atoms with Crippen molar-refractivity contribution in [3.63, 3.8) is 0 Å². The summed E-state index contributed by atoms with van der Waals surface area (Å²) in [5.74, 6) is -0.972. The molecule has 1 unspecified atom stereocenters. The molecule has 1 aliphatic heterocycles. The zero-order valence-corrected chi connectivity index (χ0v) is 22.2. The lowest BCUT2D eigenvalue weighted by molar-refractivity contribution is -0.122. The van der Waals surface area contributed by atoms with Gasteiger partial charge in [0.1, 0.15) is 6.04 Å². The Morgan fingerprint density at radius 2 is 1.58 bits per heavy atom. The van der Waals surface area contributed by atoms with Gasteiger partial charge in [-0.25, -0.2) is 13.3 Å². The molecule has 0 bridgehead atoms. The molecule has 170 valence electrons. The highest BCUT2D eigenvalue weighted by Crippen LogP contribution is 2.31. The Labute approximate surface area is 214 Å². The van der Waals surface area contributed by atoms with E-state index in [0.717, 1.165) is 28.4 Å². The summed E-state index contributed by atoms with van der Waals surface area (Å²) in [4.78, 5) is 27.4. The first-order valence-corrected chi connectivity index (χ1v) is 13.4. The summed E-state index contributed by atoms with van der Waals surface area (Å²) >= 11 is 5.46. The molecule has 0 radical (unpaired) electrons. The van der Waals surface area contributed by atoms with E-state index in [1.165, 1.54) is 12.1 Å². The predicted octanol–water partition coefficient (Wildman–Crippen LogP) is 4.89. The second kappa shape index (κ2) is 9.65. The number of nitrogens with zero attached hydrogens (tertiary/aromatic N) is 2. The quantitative estimate of drug-likeness (QED) is 0.285. The number of carbonyl (C=O) groups is 2. The summed E-state index contributed by atoms with van der Waals surface area (Å²) in [6.07, 6.45) is -0.216. The molecule has 3 aromatic carbocycles. The standard InChI is InChI=1S/C24H20BrIN2O4S/c1-16-2-4-17(5-3-16)15-27(33(31,32)21-12-6-18(25)7-13-21)22-14-23(29)28(24(22)30)20-10-8-19(26)9-11-20/h2-13,22H,14-15H2,1H3. The molecule has 1 heterocycles. The maximum absolute atomic E-state index is 13.7. The summed E-state index contributed by atoms with van der Waals surface area (Å²) in [7, 11) is -4.07. The fourth-order valence-electron chi connectivity index (χ4n) is 3.68. The SMILES string of the molecule is Cc1ccc(CN(C2CC(=O)N(c3ccc(I)cc3)C2=O)S(=O)(=O)c2ccc(Br)cc2)cc1. The second-order valence-electron chi connectivity index (χ2n) is 7.75. The highest BCUT2D eigenvalue weighted by atomic mass is 127. The van der Waals surface area contributed by atoms with Crippen molar-refractivity contribution in [1.82, 2.24) is 4.31 Å². The normalized spacial score (nSPS) is 16.6. The lowest BCUT2D eigenvalue weighted by Crippen LogP contribution is -2.45. The van der Waals surface area contributed by atoms with Crippen molar-refractivity contribution in [1.29, 1.82) is 0 Å². The fourth-order valence-corrected chi connectivity index (χ4v) is 5.87. The first kappa shape index (κ1) is 24.1. The van der Waals surface area contributed by atoms with E-state index >= 15 is 0 Å². The van der Waals surface area contributed by atoms with E-state index in [0.29, 0.717) is 5.69 Å². The minimum absolute atomic E-state index is 0.0249. The number of benzene rings is 3. The van der Waals surface area contributed by atoms with Gasteiger partial charge in [-0.3, -0.25) is 9.59 Å². The molecule has 1 fully saturated rings. The van der Waals surface area contributed by atoms with Gasteiger partial charge in [-0.1, -0.05) is 45.8 Å². The van der Waals surface area contributed by atoms with Crippen LogP contribution in [0.15, 0.2) is 82.2 Å². The van der Waals surface area contributed by atoms with Crippen molar-refractivity contribution < 1.29 is 18.0 Å². The first-order valence-electron chi connectivity index (χ1n) is 10.1. The zero-order chi connectivity index (χ0) is 23.8. The molecule has 6 nitrogen and oxygen atoms in total. The molecule has 0 saturated carbocycles. The molecule has 33 heavy (non-hydrogen) atoms. The number of halogens is 2. The van der Waals surface area contributed by atoms with Gasteiger partial charge in [-0.2, -0.15) is 4.31 Å². The van der Waals surface area contributed by atoms with Crippen LogP contribution in [0, 0.1) is 10.5 Å². The maximum Gasteiger partial charge on any atom is 0.252 e. The second-order valence-corrected chi connectivity index (χ2v) is 11.8. The molecule has 1 atom stereocenters. The third-order valence-electron chi connectivity index (χ3n) is 5.43. The van der Waals surface area contributed by atoms with Crippen molar-refractivity contribution >= 4 is 66.0 Å². The van der Waals surface area contributed by atoms with Gasteiger partial charge in [0, 0.05) is 14.6 Å². The number of rotatable bonds is 6. The minimum atomic E-state index is -4.07. The molecular formula is C24H20BrIN2O4S. The van der Waals surface area contributed by atoms with E-state index in [2.05, 4.69) is 38.5 Å². The van der Waals surface area contributed by atoms with E-state index < -0.39 is 27.9 Å². The molecule has 0 aliphatic carbocycles. The molecule has 9 heteroatoms. The van der Waals surface area contributed by atoms with Crippen molar-refractivity contribution in [2.24, 2.45) is 0 Å². The number of anilines is 1. The Morgan fingerprint density at radius 1 is 0.970 bits per heavy atom. The van der Waals surface area contributed by atoms with Crippen LogP contribution in [0.1, 0.15) is 17.5 Å². The van der Waals surface area contributed by atoms with Crippen molar-refractivity contribution in [3.05, 3.63) is 92.0 Å². The van der Waals surface area contributed by atoms with E-state index in [1.54, 1.807) is 36.4 Å². The molecule has 1 aliphatic rings. The summed E-state index contributed by atoms with van der Waals surface area (Å²) in [6, 6.07) is 19.5. The van der Waals surface area contributed by atoms with Crippen LogP contribution in [-0.2, 0) is 26.2 Å². The van der Waals surface area contributed by atoms with Crippen molar-refractivity contribution in [3.8, 4) is 0 Å². The molecule has 4 rings (SSSR count). The van der Waals surface area contributed by atoms with Gasteiger partial charge in [-0.15, -0.1) is 0 Å². The summed E-state index contributed by atoms with van der Waals surface area (Å²) < 4.78 is 30.2. The Hall–Kier alpha value is -2.08. The van der Waals surface area contributed by atoms with Crippen LogP contribution in [0.3, 0.4) is 0 Å². The fraction of sp³-hybridized carbons (Fsp3) is 0.167. The number of hydrogen-bond acceptors (Lipinski definition) is 4. The number of carbonyl (C=O) groups excluding carboxylic acids is 2. The van der Waals surface area contributed by atoms with E-state index in [1.807, 2.05) is 31.2 Å². The Balaban J connectivity index is 1.74. The number of amides is 2. The van der Waals surface area contributed by atoms with Gasteiger partial charge in [0.15, 0.2) is 0 Å². The van der Waals surface area contributed by atoms with Gasteiger partial charge in [-0.05, 0) is 83.6 Å². The Morgan fingerprint density at radius 3 is 2.18 bits per heavy atom. The van der Waals surface area contributed by atoms with Crippen LogP contribution in [0.5, 0.6) is 0 Å². The molecule has 0 aromatic heterocycles. The van der Waals surface area contributed by atoms with Crippen LogP contribution in [0.2, 0.25) is 0 Å². The smallest absolute Gasteiger partial charge is 0.252 e. The summed E-state index contributed by atoms with van der Waals surface area (Å²) in [6.45, 7) is 1.92. The van der Waals surface area contributed by atoms with E-state index in [4.69, 9.17) is 0 Å². The topological polar surface area (TPSA) is 74.8 Å². The third-order valence-corrected chi connectivity index (χ3v) is 8.55. The van der Waals surface area contributed by atoms with Gasteiger partial charge in [0.05, 0.1) is 17.0 Å². The van der Waals surface area contributed by atoms with Crippen LogP contribution in [0.4, 0.5) is 5.69 Å². The van der Waals surface area contributed by atoms with Gasteiger partial charge < -0.3 is 0 Å². The zero-order valence-electron chi connectivity index (χ0n) is 17.6. The molecule has 3 aromatic rings. The monoisotopic (exact) mass is 638 g/mol. The Bertz CT molecular complexity index is 1290.